The van der Waals surface area contributed by atoms with Crippen LogP contribution >= 0.6 is 11.8 Å². The van der Waals surface area contributed by atoms with Crippen LogP contribution in [0.3, 0.4) is 0 Å². The molecule has 5 nitrogen and oxygen atoms in total. The van der Waals surface area contributed by atoms with Crippen LogP contribution in [0, 0.1) is 11.3 Å². The molecule has 33 heavy (non-hydrogen) atoms. The number of rotatable bonds is 7. The number of nitrogens with zero attached hydrogens (tertiary/aromatic N) is 3. The molecule has 0 radical (unpaired) electrons. The van der Waals surface area contributed by atoms with Gasteiger partial charge in [0.1, 0.15) is 11.9 Å². The lowest BCUT2D eigenvalue weighted by Crippen LogP contribution is -2.13. The minimum atomic E-state index is -0.185. The van der Waals surface area contributed by atoms with Crippen LogP contribution in [0.5, 0.6) is 0 Å². The number of carbonyl (C=O) groups excluding carboxylic acids is 1. The average Bonchev–Trinajstić information content (AvgIpc) is 3.28. The van der Waals surface area contributed by atoms with Gasteiger partial charge in [-0.05, 0) is 42.0 Å². The van der Waals surface area contributed by atoms with Crippen LogP contribution in [-0.2, 0) is 6.54 Å². The summed E-state index contributed by atoms with van der Waals surface area (Å²) >= 11 is 1.42. The third-order valence-corrected chi connectivity index (χ3v) is 6.31. The van der Waals surface area contributed by atoms with E-state index in [4.69, 9.17) is 0 Å². The molecule has 0 saturated carbocycles. The summed E-state index contributed by atoms with van der Waals surface area (Å²) in [7, 11) is 0. The van der Waals surface area contributed by atoms with E-state index in [-0.39, 0.29) is 5.91 Å². The van der Waals surface area contributed by atoms with Gasteiger partial charge in [0.15, 0.2) is 0 Å². The molecule has 4 aromatic rings. The summed E-state index contributed by atoms with van der Waals surface area (Å²) in [6.07, 6.45) is 3.80. The van der Waals surface area contributed by atoms with Crippen LogP contribution in [-0.4, -0.2) is 15.5 Å². The van der Waals surface area contributed by atoms with Crippen molar-refractivity contribution < 1.29 is 4.79 Å². The fourth-order valence-electron chi connectivity index (χ4n) is 3.61. The Bertz CT molecular complexity index is 1320. The van der Waals surface area contributed by atoms with Crippen LogP contribution in [0.15, 0.2) is 95.0 Å². The van der Waals surface area contributed by atoms with Gasteiger partial charge in [0.05, 0.1) is 11.1 Å². The highest BCUT2D eigenvalue weighted by molar-refractivity contribution is 7.99. The van der Waals surface area contributed by atoms with Gasteiger partial charge in [0.2, 0.25) is 0 Å². The first kappa shape index (κ1) is 22.4. The molecule has 1 N–H and O–H groups in total. The Morgan fingerprint density at radius 2 is 1.82 bits per heavy atom. The number of aromatic nitrogens is 2. The Balaban J connectivity index is 1.53. The summed E-state index contributed by atoms with van der Waals surface area (Å²) in [6, 6.07) is 24.9. The number of nitriles is 1. The van der Waals surface area contributed by atoms with Crippen molar-refractivity contribution in [1.29, 1.82) is 5.26 Å². The maximum atomic E-state index is 13.1. The third-order valence-electron chi connectivity index (χ3n) is 5.16. The first-order chi connectivity index (χ1) is 16.0. The van der Waals surface area contributed by atoms with Gasteiger partial charge in [-0.1, -0.05) is 62.0 Å². The highest BCUT2D eigenvalue weighted by Crippen LogP contribution is 2.33. The number of hydrogen-bond acceptors (Lipinski definition) is 4. The molecule has 0 atom stereocenters. The summed E-state index contributed by atoms with van der Waals surface area (Å²) in [6.45, 7) is 4.94. The number of amides is 1. The quantitative estimate of drug-likeness (QED) is 0.356. The summed E-state index contributed by atoms with van der Waals surface area (Å²) in [5.74, 6) is 1.19. The molecule has 1 heterocycles. The van der Waals surface area contributed by atoms with E-state index < -0.39 is 0 Å². The zero-order valence-electron chi connectivity index (χ0n) is 18.5. The number of imidazole rings is 1. The number of nitrogens with one attached hydrogen (secondary N) is 1. The lowest BCUT2D eigenvalue weighted by molar-refractivity contribution is 0.102. The van der Waals surface area contributed by atoms with E-state index >= 15 is 0 Å². The van der Waals surface area contributed by atoms with Crippen molar-refractivity contribution in [3.05, 3.63) is 108 Å². The smallest absolute Gasteiger partial charge is 0.256 e. The van der Waals surface area contributed by atoms with Crippen molar-refractivity contribution in [2.75, 3.05) is 5.32 Å². The van der Waals surface area contributed by atoms with Crippen molar-refractivity contribution in [1.82, 2.24) is 9.55 Å². The second kappa shape index (κ2) is 10.2. The molecule has 1 aromatic heterocycles. The summed E-state index contributed by atoms with van der Waals surface area (Å²) in [4.78, 5) is 19.2. The van der Waals surface area contributed by atoms with Crippen molar-refractivity contribution in [3.63, 3.8) is 0 Å². The molecule has 4 rings (SSSR count). The molecule has 0 bridgehead atoms. The van der Waals surface area contributed by atoms with E-state index in [1.807, 2.05) is 73.1 Å². The molecule has 6 heteroatoms. The largest absolute Gasteiger partial charge is 0.330 e. The number of anilines is 1. The van der Waals surface area contributed by atoms with E-state index in [0.29, 0.717) is 23.6 Å². The second-order valence-electron chi connectivity index (χ2n) is 7.93. The van der Waals surface area contributed by atoms with Crippen molar-refractivity contribution in [3.8, 4) is 6.07 Å². The molecule has 0 fully saturated rings. The van der Waals surface area contributed by atoms with Gasteiger partial charge in [0, 0.05) is 40.3 Å². The maximum absolute atomic E-state index is 13.1. The van der Waals surface area contributed by atoms with Gasteiger partial charge in [-0.2, -0.15) is 5.26 Å². The van der Waals surface area contributed by atoms with E-state index in [2.05, 4.69) is 34.8 Å². The molecule has 0 saturated heterocycles. The van der Waals surface area contributed by atoms with Crippen LogP contribution in [0.1, 0.15) is 47.1 Å². The topological polar surface area (TPSA) is 70.7 Å². The predicted octanol–water partition coefficient (Wildman–Crippen LogP) is 6.33. The van der Waals surface area contributed by atoms with Gasteiger partial charge in [-0.25, -0.2) is 4.98 Å². The highest BCUT2D eigenvalue weighted by atomic mass is 32.2. The summed E-state index contributed by atoms with van der Waals surface area (Å²) in [5.41, 5.74) is 2.97. The molecule has 164 valence electrons. The lowest BCUT2D eigenvalue weighted by atomic mass is 10.1. The average molecular weight is 453 g/mol. The number of carbonyl (C=O) groups is 1. The van der Waals surface area contributed by atoms with Gasteiger partial charge < -0.3 is 9.88 Å². The van der Waals surface area contributed by atoms with E-state index in [1.165, 1.54) is 11.8 Å². The fraction of sp³-hybridized carbons (Fsp3) is 0.148. The second-order valence-corrected chi connectivity index (χ2v) is 9.01. The van der Waals surface area contributed by atoms with Crippen LogP contribution in [0.2, 0.25) is 0 Å². The molecule has 0 spiro atoms. The first-order valence-corrected chi connectivity index (χ1v) is 11.5. The predicted molar refractivity (Wildman–Crippen MR) is 132 cm³/mol. The van der Waals surface area contributed by atoms with Gasteiger partial charge >= 0.3 is 0 Å². The molecular formula is C27H24N4OS. The molecule has 3 aromatic carbocycles. The van der Waals surface area contributed by atoms with Gasteiger partial charge in [-0.15, -0.1) is 0 Å². The first-order valence-electron chi connectivity index (χ1n) is 10.7. The minimum absolute atomic E-state index is 0.185. The van der Waals surface area contributed by atoms with Crippen LogP contribution in [0.4, 0.5) is 5.69 Å². The normalized spacial score (nSPS) is 10.7. The van der Waals surface area contributed by atoms with Gasteiger partial charge in [0.25, 0.3) is 5.91 Å². The van der Waals surface area contributed by atoms with Crippen LogP contribution in [0.25, 0.3) is 0 Å². The summed E-state index contributed by atoms with van der Waals surface area (Å²) < 4.78 is 2.13. The molecule has 0 aliphatic heterocycles. The highest BCUT2D eigenvalue weighted by Gasteiger charge is 2.14. The van der Waals surface area contributed by atoms with Gasteiger partial charge in [-0.3, -0.25) is 4.79 Å². The molecule has 0 unspecified atom stereocenters. The Hall–Kier alpha value is -3.82. The Morgan fingerprint density at radius 3 is 2.61 bits per heavy atom. The van der Waals surface area contributed by atoms with Crippen molar-refractivity contribution in [2.45, 2.75) is 36.1 Å². The Morgan fingerprint density at radius 1 is 1.06 bits per heavy atom. The fourth-order valence-corrected chi connectivity index (χ4v) is 4.63. The molecule has 0 aliphatic carbocycles. The van der Waals surface area contributed by atoms with E-state index in [0.717, 1.165) is 26.9 Å². The lowest BCUT2D eigenvalue weighted by Gasteiger charge is -2.13. The standard InChI is InChI=1S/C27H24N4OS/c1-19(2)26-29-14-15-31(26)18-20-8-7-10-22(16-20)30-27(32)23-11-4-6-13-25(23)33-24-12-5-3-9-21(24)17-28/h3-16,19H,18H2,1-2H3,(H,30,32). The third kappa shape index (κ3) is 5.33. The SMILES string of the molecule is CC(C)c1nccn1Cc1cccc(NC(=O)c2ccccc2Sc2ccccc2C#N)c1. The molecule has 1 amide bonds. The summed E-state index contributed by atoms with van der Waals surface area (Å²) in [5, 5.41) is 12.4. The number of benzene rings is 3. The van der Waals surface area contributed by atoms with Crippen molar-refractivity contribution in [2.24, 2.45) is 0 Å². The maximum Gasteiger partial charge on any atom is 0.256 e. The molecular weight excluding hydrogens is 428 g/mol. The van der Waals surface area contributed by atoms with E-state index in [1.54, 1.807) is 12.1 Å². The van der Waals surface area contributed by atoms with E-state index in [9.17, 15) is 10.1 Å². The zero-order valence-corrected chi connectivity index (χ0v) is 19.3. The van der Waals surface area contributed by atoms with Crippen LogP contribution < -0.4 is 5.32 Å². The number of hydrogen-bond donors (Lipinski definition) is 1. The minimum Gasteiger partial charge on any atom is -0.330 e. The zero-order chi connectivity index (χ0) is 23.2. The Labute approximate surface area is 198 Å². The monoisotopic (exact) mass is 452 g/mol. The Kier molecular flexibility index (Phi) is 6.92. The van der Waals surface area contributed by atoms with Crippen molar-refractivity contribution >= 4 is 23.4 Å². The molecule has 0 aliphatic rings.